The highest BCUT2D eigenvalue weighted by atomic mass is 16.5. The van der Waals surface area contributed by atoms with E-state index in [4.69, 9.17) is 5.73 Å². The highest BCUT2D eigenvalue weighted by Gasteiger charge is 2.35. The molecule has 104 valence electrons. The number of nitrogens with zero attached hydrogens (tertiary/aromatic N) is 1. The zero-order valence-corrected chi connectivity index (χ0v) is 11.5. The van der Waals surface area contributed by atoms with Crippen LogP contribution >= 0.6 is 0 Å². The van der Waals surface area contributed by atoms with E-state index in [2.05, 4.69) is 10.1 Å². The molecule has 2 amide bonds. The number of hydrogen-bond acceptors (Lipinski definition) is 4. The molecule has 0 aliphatic carbocycles. The van der Waals surface area contributed by atoms with Gasteiger partial charge in [-0.25, -0.2) is 4.79 Å². The number of carbonyl (C=O) groups excluding carboxylic acids is 2. The molecule has 1 rings (SSSR count). The van der Waals surface area contributed by atoms with Crippen LogP contribution in [0, 0.1) is 5.41 Å². The smallest absolute Gasteiger partial charge is 0.407 e. The maximum Gasteiger partial charge on any atom is 0.407 e. The second-order valence-electron chi connectivity index (χ2n) is 5.75. The lowest BCUT2D eigenvalue weighted by Crippen LogP contribution is -2.50. The van der Waals surface area contributed by atoms with Crippen LogP contribution in [0.2, 0.25) is 0 Å². The Morgan fingerprint density at radius 1 is 1.44 bits per heavy atom. The van der Waals surface area contributed by atoms with Crippen LogP contribution in [0.5, 0.6) is 0 Å². The molecule has 1 saturated heterocycles. The maximum absolute atomic E-state index is 12.1. The molecule has 1 aliphatic rings. The second-order valence-corrected chi connectivity index (χ2v) is 5.75. The number of methoxy groups -OCH3 is 1. The van der Waals surface area contributed by atoms with Crippen molar-refractivity contribution in [3.8, 4) is 0 Å². The van der Waals surface area contributed by atoms with Gasteiger partial charge in [-0.05, 0) is 11.8 Å². The number of rotatable bonds is 2. The van der Waals surface area contributed by atoms with Gasteiger partial charge in [0.15, 0.2) is 0 Å². The Labute approximate surface area is 108 Å². The van der Waals surface area contributed by atoms with Crippen LogP contribution in [0.15, 0.2) is 0 Å². The van der Waals surface area contributed by atoms with Gasteiger partial charge in [-0.15, -0.1) is 0 Å². The van der Waals surface area contributed by atoms with Crippen molar-refractivity contribution in [2.24, 2.45) is 11.1 Å². The minimum absolute atomic E-state index is 0.0476. The number of alkyl carbamates (subject to hydrolysis) is 1. The first-order valence-corrected chi connectivity index (χ1v) is 6.14. The largest absolute Gasteiger partial charge is 0.453 e. The van der Waals surface area contributed by atoms with Gasteiger partial charge in [0.05, 0.1) is 19.2 Å². The van der Waals surface area contributed by atoms with Crippen molar-refractivity contribution in [3.05, 3.63) is 0 Å². The molecule has 1 heterocycles. The van der Waals surface area contributed by atoms with Crippen LogP contribution < -0.4 is 11.1 Å². The number of hydrogen-bond donors (Lipinski definition) is 2. The average molecular weight is 257 g/mol. The fourth-order valence-electron chi connectivity index (χ4n) is 1.87. The minimum atomic E-state index is -0.519. The first-order valence-electron chi connectivity index (χ1n) is 6.14. The standard InChI is InChI=1S/C12H23N3O3/c1-12(2,3)9(13)10(16)15-6-5-8(7-15)14-11(17)18-4/h8-9H,5-7,13H2,1-4H3,(H,14,17)/t8?,9-/m0/s1. The molecular weight excluding hydrogens is 234 g/mol. The molecule has 6 heteroatoms. The number of likely N-dealkylation sites (tertiary alicyclic amines) is 1. The zero-order chi connectivity index (χ0) is 13.9. The normalized spacial score (nSPS) is 21.6. The number of amides is 2. The lowest BCUT2D eigenvalue weighted by atomic mass is 9.86. The lowest BCUT2D eigenvalue weighted by molar-refractivity contribution is -0.133. The molecule has 6 nitrogen and oxygen atoms in total. The summed E-state index contributed by atoms with van der Waals surface area (Å²) in [5, 5.41) is 2.70. The number of nitrogens with two attached hydrogens (primary N) is 1. The Morgan fingerprint density at radius 2 is 2.06 bits per heavy atom. The quantitative estimate of drug-likeness (QED) is 0.746. The SMILES string of the molecule is COC(=O)NC1CCN(C(=O)[C@H](N)C(C)(C)C)C1. The van der Waals surface area contributed by atoms with E-state index in [1.807, 2.05) is 20.8 Å². The second kappa shape index (κ2) is 5.56. The molecule has 1 unspecified atom stereocenters. The number of ether oxygens (including phenoxy) is 1. The monoisotopic (exact) mass is 257 g/mol. The first-order chi connectivity index (χ1) is 8.25. The van der Waals surface area contributed by atoms with Gasteiger partial charge in [0.1, 0.15) is 0 Å². The van der Waals surface area contributed by atoms with Crippen LogP contribution in [0.1, 0.15) is 27.2 Å². The molecule has 1 aliphatic heterocycles. The summed E-state index contributed by atoms with van der Waals surface area (Å²) in [6.45, 7) is 6.94. The van der Waals surface area contributed by atoms with Crippen molar-refractivity contribution in [2.45, 2.75) is 39.3 Å². The van der Waals surface area contributed by atoms with E-state index in [-0.39, 0.29) is 17.4 Å². The van der Waals surface area contributed by atoms with E-state index in [1.165, 1.54) is 7.11 Å². The lowest BCUT2D eigenvalue weighted by Gasteiger charge is -2.29. The molecular formula is C12H23N3O3. The molecule has 18 heavy (non-hydrogen) atoms. The molecule has 0 radical (unpaired) electrons. The molecule has 0 aromatic rings. The Morgan fingerprint density at radius 3 is 2.56 bits per heavy atom. The van der Waals surface area contributed by atoms with Crippen LogP contribution in [0.25, 0.3) is 0 Å². The predicted molar refractivity (Wildman–Crippen MR) is 68.0 cm³/mol. The highest BCUT2D eigenvalue weighted by molar-refractivity contribution is 5.83. The molecule has 1 fully saturated rings. The number of nitrogens with one attached hydrogen (secondary N) is 1. The van der Waals surface area contributed by atoms with Crippen molar-refractivity contribution in [2.75, 3.05) is 20.2 Å². The third-order valence-corrected chi connectivity index (χ3v) is 3.21. The molecule has 0 spiro atoms. The average Bonchev–Trinajstić information content (AvgIpc) is 2.74. The summed E-state index contributed by atoms with van der Waals surface area (Å²) in [5.41, 5.74) is 5.68. The van der Waals surface area contributed by atoms with E-state index in [0.717, 1.165) is 6.42 Å². The third-order valence-electron chi connectivity index (χ3n) is 3.21. The Balaban J connectivity index is 2.51. The molecule has 2 atom stereocenters. The summed E-state index contributed by atoms with van der Waals surface area (Å²) in [4.78, 5) is 24.9. The van der Waals surface area contributed by atoms with Crippen molar-refractivity contribution in [1.29, 1.82) is 0 Å². The molecule has 3 N–H and O–H groups in total. The summed E-state index contributed by atoms with van der Waals surface area (Å²) < 4.78 is 4.53. The van der Waals surface area contributed by atoms with Crippen molar-refractivity contribution in [1.82, 2.24) is 10.2 Å². The summed E-state index contributed by atoms with van der Waals surface area (Å²) >= 11 is 0. The van der Waals surface area contributed by atoms with Gasteiger partial charge in [0.25, 0.3) is 0 Å². The van der Waals surface area contributed by atoms with Gasteiger partial charge in [-0.1, -0.05) is 20.8 Å². The number of carbonyl (C=O) groups is 2. The van der Waals surface area contributed by atoms with Crippen LogP contribution in [-0.4, -0.2) is 49.2 Å². The van der Waals surface area contributed by atoms with Crippen LogP contribution in [-0.2, 0) is 9.53 Å². The van der Waals surface area contributed by atoms with Gasteiger partial charge >= 0.3 is 6.09 Å². The molecule has 0 bridgehead atoms. The first kappa shape index (κ1) is 14.8. The predicted octanol–water partition coefficient (Wildman–Crippen LogP) is 0.317. The summed E-state index contributed by atoms with van der Waals surface area (Å²) in [5.74, 6) is -0.0586. The van der Waals surface area contributed by atoms with Gasteiger partial charge in [-0.2, -0.15) is 0 Å². The van der Waals surface area contributed by atoms with Gasteiger partial charge in [0.2, 0.25) is 5.91 Å². The van der Waals surface area contributed by atoms with Crippen molar-refractivity contribution in [3.63, 3.8) is 0 Å². The minimum Gasteiger partial charge on any atom is -0.453 e. The van der Waals surface area contributed by atoms with E-state index in [9.17, 15) is 9.59 Å². The van der Waals surface area contributed by atoms with E-state index in [1.54, 1.807) is 4.90 Å². The molecule has 0 aromatic heterocycles. The fourth-order valence-corrected chi connectivity index (χ4v) is 1.87. The van der Waals surface area contributed by atoms with Crippen molar-refractivity contribution < 1.29 is 14.3 Å². The van der Waals surface area contributed by atoms with Crippen molar-refractivity contribution >= 4 is 12.0 Å². The summed E-state index contributed by atoms with van der Waals surface area (Å²) in [6.07, 6.45) is 0.270. The zero-order valence-electron chi connectivity index (χ0n) is 11.5. The van der Waals surface area contributed by atoms with Gasteiger partial charge in [0, 0.05) is 13.1 Å². The summed E-state index contributed by atoms with van der Waals surface area (Å²) in [7, 11) is 1.32. The van der Waals surface area contributed by atoms with E-state index in [0.29, 0.717) is 13.1 Å². The Hall–Kier alpha value is -1.30. The Kier molecular flexibility index (Phi) is 4.56. The summed E-state index contributed by atoms with van der Waals surface area (Å²) in [6, 6.07) is -0.567. The fraction of sp³-hybridized carbons (Fsp3) is 0.833. The topological polar surface area (TPSA) is 84.7 Å². The maximum atomic E-state index is 12.1. The van der Waals surface area contributed by atoms with Crippen LogP contribution in [0.3, 0.4) is 0 Å². The van der Waals surface area contributed by atoms with E-state index >= 15 is 0 Å². The molecule has 0 aromatic carbocycles. The Bertz CT molecular complexity index is 325. The van der Waals surface area contributed by atoms with E-state index < -0.39 is 12.1 Å². The van der Waals surface area contributed by atoms with Gasteiger partial charge < -0.3 is 20.7 Å². The van der Waals surface area contributed by atoms with Crippen LogP contribution in [0.4, 0.5) is 4.79 Å². The highest BCUT2D eigenvalue weighted by Crippen LogP contribution is 2.21. The molecule has 0 saturated carbocycles. The van der Waals surface area contributed by atoms with Gasteiger partial charge in [-0.3, -0.25) is 4.79 Å². The third kappa shape index (κ3) is 3.60.